The van der Waals surface area contributed by atoms with E-state index in [0.717, 1.165) is 18.8 Å². The summed E-state index contributed by atoms with van der Waals surface area (Å²) < 4.78 is 1.87. The van der Waals surface area contributed by atoms with E-state index in [2.05, 4.69) is 44.3 Å². The summed E-state index contributed by atoms with van der Waals surface area (Å²) in [5.41, 5.74) is 2.84. The van der Waals surface area contributed by atoms with Crippen LogP contribution in [-0.2, 0) is 13.6 Å². The molecular formula is C12H23N3. The summed E-state index contributed by atoms with van der Waals surface area (Å²) in [5, 5.41) is 7.77. The standard InChI is InChI=1S/C12H23N3/c1-10-11(9-15(5)14-10)8-13-7-6-12(2,3)4/h9,13H,6-8H2,1-5H3. The Kier molecular flexibility index (Phi) is 3.91. The van der Waals surface area contributed by atoms with Crippen LogP contribution in [-0.4, -0.2) is 16.3 Å². The molecule has 0 aliphatic rings. The first-order valence-electron chi connectivity index (χ1n) is 5.58. The predicted octanol–water partition coefficient (Wildman–Crippen LogP) is 2.25. The number of hydrogen-bond acceptors (Lipinski definition) is 2. The quantitative estimate of drug-likeness (QED) is 0.771. The van der Waals surface area contributed by atoms with Gasteiger partial charge in [-0.2, -0.15) is 5.10 Å². The molecule has 3 nitrogen and oxygen atoms in total. The van der Waals surface area contributed by atoms with Crippen molar-refractivity contribution in [3.05, 3.63) is 17.5 Å². The van der Waals surface area contributed by atoms with Gasteiger partial charge in [-0.1, -0.05) is 20.8 Å². The van der Waals surface area contributed by atoms with Crippen LogP contribution in [0.4, 0.5) is 0 Å². The van der Waals surface area contributed by atoms with Gasteiger partial charge in [-0.05, 0) is 25.3 Å². The first-order chi connectivity index (χ1) is 6.88. The van der Waals surface area contributed by atoms with Crippen LogP contribution in [0.25, 0.3) is 0 Å². The molecule has 3 heteroatoms. The maximum atomic E-state index is 4.32. The fraction of sp³-hybridized carbons (Fsp3) is 0.750. The van der Waals surface area contributed by atoms with Crippen molar-refractivity contribution in [2.75, 3.05) is 6.54 Å². The molecule has 1 heterocycles. The van der Waals surface area contributed by atoms with Crippen LogP contribution in [0.15, 0.2) is 6.20 Å². The van der Waals surface area contributed by atoms with Crippen LogP contribution in [0, 0.1) is 12.3 Å². The van der Waals surface area contributed by atoms with Crippen molar-refractivity contribution in [3.8, 4) is 0 Å². The minimum absolute atomic E-state index is 0.414. The van der Waals surface area contributed by atoms with Crippen LogP contribution >= 0.6 is 0 Å². The van der Waals surface area contributed by atoms with Crippen molar-refractivity contribution in [2.45, 2.75) is 40.7 Å². The molecule has 1 N–H and O–H groups in total. The first-order valence-corrected chi connectivity index (χ1v) is 5.58. The second kappa shape index (κ2) is 4.79. The maximum Gasteiger partial charge on any atom is 0.0638 e. The molecular weight excluding hydrogens is 186 g/mol. The van der Waals surface area contributed by atoms with Gasteiger partial charge in [0.1, 0.15) is 0 Å². The topological polar surface area (TPSA) is 29.9 Å². The van der Waals surface area contributed by atoms with Crippen LogP contribution in [0.2, 0.25) is 0 Å². The summed E-state index contributed by atoms with van der Waals surface area (Å²) in [4.78, 5) is 0. The molecule has 1 rings (SSSR count). The number of aromatic nitrogens is 2. The molecule has 0 fully saturated rings. The van der Waals surface area contributed by atoms with E-state index in [1.807, 2.05) is 11.7 Å². The molecule has 0 saturated heterocycles. The van der Waals surface area contributed by atoms with E-state index in [4.69, 9.17) is 0 Å². The molecule has 86 valence electrons. The highest BCUT2D eigenvalue weighted by atomic mass is 15.2. The second-order valence-electron chi connectivity index (χ2n) is 5.40. The molecule has 0 aromatic carbocycles. The van der Waals surface area contributed by atoms with Crippen LogP contribution < -0.4 is 5.32 Å². The largest absolute Gasteiger partial charge is 0.313 e. The zero-order valence-corrected chi connectivity index (χ0v) is 10.6. The van der Waals surface area contributed by atoms with Crippen molar-refractivity contribution in [1.82, 2.24) is 15.1 Å². The maximum absolute atomic E-state index is 4.32. The fourth-order valence-corrected chi connectivity index (χ4v) is 1.51. The van der Waals surface area contributed by atoms with E-state index in [0.29, 0.717) is 5.41 Å². The smallest absolute Gasteiger partial charge is 0.0638 e. The molecule has 0 spiro atoms. The zero-order valence-electron chi connectivity index (χ0n) is 10.6. The SMILES string of the molecule is Cc1nn(C)cc1CNCCC(C)(C)C. The summed E-state index contributed by atoms with van der Waals surface area (Å²) in [6.07, 6.45) is 3.28. The molecule has 0 bridgehead atoms. The zero-order chi connectivity index (χ0) is 11.5. The molecule has 0 aliphatic heterocycles. The lowest BCUT2D eigenvalue weighted by molar-refractivity contribution is 0.366. The Morgan fingerprint density at radius 1 is 1.40 bits per heavy atom. The number of rotatable bonds is 4. The Labute approximate surface area is 92.9 Å². The third-order valence-electron chi connectivity index (χ3n) is 2.48. The van der Waals surface area contributed by atoms with Crippen molar-refractivity contribution < 1.29 is 0 Å². The van der Waals surface area contributed by atoms with Crippen LogP contribution in [0.1, 0.15) is 38.4 Å². The van der Waals surface area contributed by atoms with Gasteiger partial charge in [0, 0.05) is 25.4 Å². The Bertz CT molecular complexity index is 307. The number of aryl methyl sites for hydroxylation is 2. The van der Waals surface area contributed by atoms with Crippen molar-refractivity contribution >= 4 is 0 Å². The van der Waals surface area contributed by atoms with Crippen LogP contribution in [0.3, 0.4) is 0 Å². The number of nitrogens with one attached hydrogen (secondary N) is 1. The van der Waals surface area contributed by atoms with Gasteiger partial charge in [-0.15, -0.1) is 0 Å². The highest BCUT2D eigenvalue weighted by molar-refractivity contribution is 5.14. The molecule has 1 aromatic rings. The van der Waals surface area contributed by atoms with E-state index in [9.17, 15) is 0 Å². The Balaban J connectivity index is 2.29. The summed E-state index contributed by atoms with van der Waals surface area (Å²) in [6.45, 7) is 10.9. The molecule has 0 aliphatic carbocycles. The molecule has 0 saturated carbocycles. The monoisotopic (exact) mass is 209 g/mol. The number of hydrogen-bond donors (Lipinski definition) is 1. The summed E-state index contributed by atoms with van der Waals surface area (Å²) in [7, 11) is 1.96. The minimum Gasteiger partial charge on any atom is -0.313 e. The molecule has 0 unspecified atom stereocenters. The Morgan fingerprint density at radius 3 is 2.53 bits per heavy atom. The van der Waals surface area contributed by atoms with Gasteiger partial charge >= 0.3 is 0 Å². The normalized spacial score (nSPS) is 12.1. The van der Waals surface area contributed by atoms with E-state index in [1.54, 1.807) is 0 Å². The van der Waals surface area contributed by atoms with Crippen molar-refractivity contribution in [3.63, 3.8) is 0 Å². The lowest BCUT2D eigenvalue weighted by Gasteiger charge is -2.17. The summed E-state index contributed by atoms with van der Waals surface area (Å²) in [6, 6.07) is 0. The average molecular weight is 209 g/mol. The van der Waals surface area contributed by atoms with Gasteiger partial charge < -0.3 is 5.32 Å². The van der Waals surface area contributed by atoms with Crippen molar-refractivity contribution in [2.24, 2.45) is 12.5 Å². The Hall–Kier alpha value is -0.830. The summed E-state index contributed by atoms with van der Waals surface area (Å²) in [5.74, 6) is 0. The highest BCUT2D eigenvalue weighted by Crippen LogP contribution is 2.17. The minimum atomic E-state index is 0.414. The van der Waals surface area contributed by atoms with E-state index in [1.165, 1.54) is 12.0 Å². The average Bonchev–Trinajstić information content (AvgIpc) is 2.37. The molecule has 0 atom stereocenters. The molecule has 1 aromatic heterocycles. The van der Waals surface area contributed by atoms with Gasteiger partial charge in [0.15, 0.2) is 0 Å². The number of nitrogens with zero attached hydrogens (tertiary/aromatic N) is 2. The molecule has 0 amide bonds. The summed E-state index contributed by atoms with van der Waals surface area (Å²) >= 11 is 0. The lowest BCUT2D eigenvalue weighted by Crippen LogP contribution is -2.20. The van der Waals surface area contributed by atoms with E-state index >= 15 is 0 Å². The Morgan fingerprint density at radius 2 is 2.07 bits per heavy atom. The highest BCUT2D eigenvalue weighted by Gasteiger charge is 2.09. The van der Waals surface area contributed by atoms with E-state index < -0.39 is 0 Å². The predicted molar refractivity (Wildman–Crippen MR) is 63.7 cm³/mol. The third-order valence-corrected chi connectivity index (χ3v) is 2.48. The fourth-order valence-electron chi connectivity index (χ4n) is 1.51. The lowest BCUT2D eigenvalue weighted by atomic mass is 9.92. The molecule has 0 radical (unpaired) electrons. The first kappa shape index (κ1) is 12.2. The van der Waals surface area contributed by atoms with Crippen LogP contribution in [0.5, 0.6) is 0 Å². The van der Waals surface area contributed by atoms with E-state index in [-0.39, 0.29) is 0 Å². The van der Waals surface area contributed by atoms with Gasteiger partial charge in [-0.25, -0.2) is 0 Å². The van der Waals surface area contributed by atoms with Crippen molar-refractivity contribution in [1.29, 1.82) is 0 Å². The second-order valence-corrected chi connectivity index (χ2v) is 5.40. The van der Waals surface area contributed by atoms with Gasteiger partial charge in [0.05, 0.1) is 5.69 Å². The van der Waals surface area contributed by atoms with Gasteiger partial charge in [-0.3, -0.25) is 4.68 Å². The van der Waals surface area contributed by atoms with Gasteiger partial charge in [0.2, 0.25) is 0 Å². The van der Waals surface area contributed by atoms with Gasteiger partial charge in [0.25, 0.3) is 0 Å². The third kappa shape index (κ3) is 4.47. The molecule has 15 heavy (non-hydrogen) atoms.